The number of hydrogen-bond acceptors (Lipinski definition) is 6. The van der Waals surface area contributed by atoms with E-state index in [2.05, 4.69) is 151 Å². The van der Waals surface area contributed by atoms with Crippen LogP contribution in [0.1, 0.15) is 25.3 Å². The number of aromatic nitrogens is 2. The lowest BCUT2D eigenvalue weighted by Gasteiger charge is -2.38. The molecule has 0 unspecified atom stereocenters. The Morgan fingerprint density at radius 2 is 1.29 bits per heavy atom. The Morgan fingerprint density at radius 3 is 1.96 bits per heavy atom. The molecule has 3 heterocycles. The van der Waals surface area contributed by atoms with Crippen LogP contribution in [0.25, 0.3) is 22.2 Å². The van der Waals surface area contributed by atoms with Gasteiger partial charge in [-0.05, 0) is 84.3 Å². The minimum atomic E-state index is 0.189. The van der Waals surface area contributed by atoms with Crippen LogP contribution in [-0.4, -0.2) is 22.1 Å². The van der Waals surface area contributed by atoms with Crippen molar-refractivity contribution >= 4 is 56.5 Å². The molecule has 234 valence electrons. The molecular weight excluding hydrogens is 590 g/mol. The van der Waals surface area contributed by atoms with E-state index >= 15 is 0 Å². The zero-order chi connectivity index (χ0) is 32.8. The zero-order valence-electron chi connectivity index (χ0n) is 27.1. The Hall–Kier alpha value is -6.14. The van der Waals surface area contributed by atoms with Gasteiger partial charge in [0.15, 0.2) is 0 Å². The second kappa shape index (κ2) is 11.9. The number of hydrogen-bond donors (Lipinski definition) is 1. The molecule has 0 amide bonds. The van der Waals surface area contributed by atoms with Gasteiger partial charge in [-0.25, -0.2) is 9.97 Å². The third-order valence-corrected chi connectivity index (χ3v) is 9.10. The molecular formula is C42H35N5O. The van der Waals surface area contributed by atoms with Gasteiger partial charge in [0.2, 0.25) is 0 Å². The Balaban J connectivity index is 1.24. The summed E-state index contributed by atoms with van der Waals surface area (Å²) < 4.78 is 0. The Morgan fingerprint density at radius 1 is 0.625 bits per heavy atom. The van der Waals surface area contributed by atoms with Crippen molar-refractivity contribution in [3.05, 3.63) is 151 Å². The number of pyridine rings is 2. The van der Waals surface area contributed by atoms with Crippen molar-refractivity contribution < 1.29 is 5.11 Å². The summed E-state index contributed by atoms with van der Waals surface area (Å²) in [4.78, 5) is 16.7. The maximum absolute atomic E-state index is 10.8. The molecule has 0 fully saturated rings. The van der Waals surface area contributed by atoms with E-state index in [1.807, 2.05) is 24.4 Å². The second-order valence-corrected chi connectivity index (χ2v) is 12.4. The number of aromatic hydroxyl groups is 1. The highest BCUT2D eigenvalue weighted by Crippen LogP contribution is 2.51. The van der Waals surface area contributed by atoms with E-state index in [9.17, 15) is 5.11 Å². The predicted octanol–water partition coefficient (Wildman–Crippen LogP) is 11.1. The Labute approximate surface area is 280 Å². The van der Waals surface area contributed by atoms with Gasteiger partial charge < -0.3 is 14.9 Å². The van der Waals surface area contributed by atoms with Gasteiger partial charge in [-0.3, -0.25) is 4.90 Å². The van der Waals surface area contributed by atoms with Gasteiger partial charge in [0.1, 0.15) is 17.1 Å². The van der Waals surface area contributed by atoms with Crippen molar-refractivity contribution in [2.24, 2.45) is 0 Å². The average molecular weight is 626 g/mol. The average Bonchev–Trinajstić information content (AvgIpc) is 3.13. The third kappa shape index (κ3) is 4.99. The first-order valence-corrected chi connectivity index (χ1v) is 16.2. The minimum Gasteiger partial charge on any atom is -0.506 e. The number of benzene rings is 5. The molecule has 0 atom stereocenters. The van der Waals surface area contributed by atoms with E-state index in [1.165, 1.54) is 5.56 Å². The number of fused-ring (bicyclic) bond motifs is 3. The van der Waals surface area contributed by atoms with Crippen LogP contribution in [0.2, 0.25) is 0 Å². The van der Waals surface area contributed by atoms with Gasteiger partial charge in [-0.1, -0.05) is 80.6 Å². The lowest BCUT2D eigenvalue weighted by atomic mass is 9.97. The molecule has 0 saturated heterocycles. The fourth-order valence-electron chi connectivity index (χ4n) is 6.72. The summed E-state index contributed by atoms with van der Waals surface area (Å²) in [6, 6.07) is 47.6. The van der Waals surface area contributed by atoms with Gasteiger partial charge in [-0.15, -0.1) is 0 Å². The molecule has 0 aliphatic carbocycles. The largest absolute Gasteiger partial charge is 0.506 e. The number of phenols is 1. The van der Waals surface area contributed by atoms with Crippen LogP contribution in [0, 0.1) is 0 Å². The quantitative estimate of drug-likeness (QED) is 0.198. The Kier molecular flexibility index (Phi) is 7.26. The molecule has 48 heavy (non-hydrogen) atoms. The van der Waals surface area contributed by atoms with Crippen molar-refractivity contribution in [2.75, 3.05) is 21.7 Å². The highest BCUT2D eigenvalue weighted by atomic mass is 16.3. The summed E-state index contributed by atoms with van der Waals surface area (Å²) in [5.74, 6) is 1.32. The van der Waals surface area contributed by atoms with Gasteiger partial charge >= 0.3 is 0 Å². The van der Waals surface area contributed by atoms with Crippen LogP contribution in [0.3, 0.4) is 0 Å². The topological polar surface area (TPSA) is 55.7 Å². The maximum Gasteiger partial charge on any atom is 0.141 e. The van der Waals surface area contributed by atoms with Gasteiger partial charge in [0.05, 0.1) is 40.3 Å². The number of phenolic OH excluding ortho intramolecular Hbond substituents is 1. The van der Waals surface area contributed by atoms with Crippen LogP contribution >= 0.6 is 0 Å². The van der Waals surface area contributed by atoms with Crippen LogP contribution in [0.5, 0.6) is 5.75 Å². The second-order valence-electron chi connectivity index (χ2n) is 12.4. The van der Waals surface area contributed by atoms with E-state index in [0.29, 0.717) is 11.4 Å². The molecule has 1 N–H and O–H groups in total. The third-order valence-electron chi connectivity index (χ3n) is 9.10. The summed E-state index contributed by atoms with van der Waals surface area (Å²) in [7, 11) is 2.10. The fourth-order valence-corrected chi connectivity index (χ4v) is 6.72. The van der Waals surface area contributed by atoms with Crippen LogP contribution in [0.4, 0.5) is 45.6 Å². The fraction of sp³-hybridized carbons (Fsp3) is 0.0952. The molecule has 6 heteroatoms. The maximum atomic E-state index is 10.8. The van der Waals surface area contributed by atoms with Gasteiger partial charge in [-0.2, -0.15) is 0 Å². The minimum absolute atomic E-state index is 0.189. The molecule has 1 aliphatic heterocycles. The van der Waals surface area contributed by atoms with E-state index in [1.54, 1.807) is 6.07 Å². The molecule has 7 aromatic rings. The van der Waals surface area contributed by atoms with Gasteiger partial charge in [0, 0.05) is 29.4 Å². The smallest absolute Gasteiger partial charge is 0.141 e. The molecule has 8 rings (SSSR count). The summed E-state index contributed by atoms with van der Waals surface area (Å²) in [6.07, 6.45) is 1.94. The van der Waals surface area contributed by atoms with Crippen molar-refractivity contribution in [3.63, 3.8) is 0 Å². The van der Waals surface area contributed by atoms with Crippen molar-refractivity contribution in [1.82, 2.24) is 9.97 Å². The standard InChI is InChI=1S/C42H35N5O/c1-28(2)33-21-24-40(48)42-34(33)20-22-35(44-42)29-18-23-37-39(26-29)47(38-17-11-10-16-36(38)45(37)3)41-25-19-32(27-43-41)46(30-12-6-4-7-13-30)31-14-8-5-9-15-31/h4-28,48H,1-3H3. The SMILES string of the molecule is CC(C)c1ccc(O)c2nc(-c3ccc4c(c3)N(c3ccc(N(c5ccccc5)c5ccccc5)cn3)c3ccccc3N4C)ccc12. The van der Waals surface area contributed by atoms with Crippen molar-refractivity contribution in [2.45, 2.75) is 19.8 Å². The first-order chi connectivity index (χ1) is 23.5. The van der Waals surface area contributed by atoms with Crippen molar-refractivity contribution in [1.29, 1.82) is 0 Å². The predicted molar refractivity (Wildman–Crippen MR) is 198 cm³/mol. The number of para-hydroxylation sites is 4. The van der Waals surface area contributed by atoms with Gasteiger partial charge in [0.25, 0.3) is 0 Å². The highest BCUT2D eigenvalue weighted by molar-refractivity contribution is 5.99. The molecule has 0 bridgehead atoms. The monoisotopic (exact) mass is 625 g/mol. The molecule has 6 nitrogen and oxygen atoms in total. The first kappa shape index (κ1) is 29.3. The van der Waals surface area contributed by atoms with E-state index in [4.69, 9.17) is 9.97 Å². The van der Waals surface area contributed by atoms with Crippen LogP contribution < -0.4 is 14.7 Å². The summed E-state index contributed by atoms with van der Waals surface area (Å²) in [5, 5.41) is 11.8. The summed E-state index contributed by atoms with van der Waals surface area (Å²) in [6.45, 7) is 4.32. The molecule has 0 saturated carbocycles. The normalized spacial score (nSPS) is 12.2. The summed E-state index contributed by atoms with van der Waals surface area (Å²) >= 11 is 0. The molecule has 0 radical (unpaired) electrons. The molecule has 5 aromatic carbocycles. The van der Waals surface area contributed by atoms with E-state index in [0.717, 1.165) is 62.3 Å². The number of nitrogens with zero attached hydrogens (tertiary/aromatic N) is 5. The van der Waals surface area contributed by atoms with E-state index < -0.39 is 0 Å². The zero-order valence-corrected chi connectivity index (χ0v) is 27.1. The lowest BCUT2D eigenvalue weighted by Crippen LogP contribution is -2.24. The first-order valence-electron chi connectivity index (χ1n) is 16.2. The molecule has 0 spiro atoms. The Bertz CT molecular complexity index is 2210. The van der Waals surface area contributed by atoms with Crippen LogP contribution in [0.15, 0.2) is 146 Å². The number of rotatable bonds is 6. The number of anilines is 8. The highest BCUT2D eigenvalue weighted by Gasteiger charge is 2.29. The lowest BCUT2D eigenvalue weighted by molar-refractivity contribution is 0.480. The van der Waals surface area contributed by atoms with Crippen LogP contribution in [-0.2, 0) is 0 Å². The molecule has 2 aromatic heterocycles. The summed E-state index contributed by atoms with van der Waals surface area (Å²) in [5.41, 5.74) is 10.8. The van der Waals surface area contributed by atoms with E-state index in [-0.39, 0.29) is 5.75 Å². The van der Waals surface area contributed by atoms with Crippen molar-refractivity contribution in [3.8, 4) is 17.0 Å². The molecule has 1 aliphatic rings.